The Labute approximate surface area is 82.9 Å². The Bertz CT molecular complexity index is 302. The molecule has 1 atom stereocenters. The SMILES string of the molecule is Cc1oc(CO)nc1C1CCCCO1. The van der Waals surface area contributed by atoms with E-state index in [0.29, 0.717) is 5.89 Å². The Morgan fingerprint density at radius 3 is 2.93 bits per heavy atom. The van der Waals surface area contributed by atoms with Crippen LogP contribution in [0.25, 0.3) is 0 Å². The Morgan fingerprint density at radius 2 is 2.36 bits per heavy atom. The molecule has 0 bridgehead atoms. The zero-order chi connectivity index (χ0) is 9.97. The van der Waals surface area contributed by atoms with Gasteiger partial charge in [-0.3, -0.25) is 0 Å². The van der Waals surface area contributed by atoms with Gasteiger partial charge in [0.2, 0.25) is 5.89 Å². The molecule has 4 nitrogen and oxygen atoms in total. The van der Waals surface area contributed by atoms with Gasteiger partial charge in [-0.2, -0.15) is 0 Å². The van der Waals surface area contributed by atoms with E-state index in [4.69, 9.17) is 14.3 Å². The molecule has 1 aromatic rings. The van der Waals surface area contributed by atoms with Crippen molar-refractivity contribution in [3.63, 3.8) is 0 Å². The molecule has 0 saturated carbocycles. The molecule has 1 aliphatic heterocycles. The van der Waals surface area contributed by atoms with E-state index in [-0.39, 0.29) is 12.7 Å². The summed E-state index contributed by atoms with van der Waals surface area (Å²) in [7, 11) is 0. The molecule has 1 saturated heterocycles. The van der Waals surface area contributed by atoms with Crippen LogP contribution in [0.15, 0.2) is 4.42 Å². The maximum atomic E-state index is 8.88. The summed E-state index contributed by atoms with van der Waals surface area (Å²) < 4.78 is 10.9. The van der Waals surface area contributed by atoms with Crippen molar-refractivity contribution >= 4 is 0 Å². The normalized spacial score (nSPS) is 22.6. The lowest BCUT2D eigenvalue weighted by molar-refractivity contribution is 0.0117. The molecule has 0 aliphatic carbocycles. The summed E-state index contributed by atoms with van der Waals surface area (Å²) in [6, 6.07) is 0. The van der Waals surface area contributed by atoms with Crippen molar-refractivity contribution in [3.05, 3.63) is 17.3 Å². The molecule has 1 N–H and O–H groups in total. The van der Waals surface area contributed by atoms with Crippen LogP contribution in [0.1, 0.15) is 42.7 Å². The van der Waals surface area contributed by atoms with Crippen LogP contribution in [0.4, 0.5) is 0 Å². The highest BCUT2D eigenvalue weighted by molar-refractivity contribution is 5.11. The molecule has 0 radical (unpaired) electrons. The Morgan fingerprint density at radius 1 is 1.50 bits per heavy atom. The fourth-order valence-corrected chi connectivity index (χ4v) is 1.79. The number of nitrogens with zero attached hydrogens (tertiary/aromatic N) is 1. The average molecular weight is 197 g/mol. The molecule has 4 heteroatoms. The molecule has 1 aromatic heterocycles. The summed E-state index contributed by atoms with van der Waals surface area (Å²) in [6.07, 6.45) is 3.36. The average Bonchev–Trinajstić information content (AvgIpc) is 2.61. The number of hydrogen-bond donors (Lipinski definition) is 1. The summed E-state index contributed by atoms with van der Waals surface area (Å²) in [5.41, 5.74) is 0.855. The number of hydrogen-bond acceptors (Lipinski definition) is 4. The van der Waals surface area contributed by atoms with E-state index in [0.717, 1.165) is 30.9 Å². The zero-order valence-electron chi connectivity index (χ0n) is 8.32. The van der Waals surface area contributed by atoms with Gasteiger partial charge in [-0.1, -0.05) is 0 Å². The molecular weight excluding hydrogens is 182 g/mol. The first-order valence-corrected chi connectivity index (χ1v) is 5.00. The van der Waals surface area contributed by atoms with Crippen molar-refractivity contribution in [2.45, 2.75) is 38.9 Å². The third-order valence-corrected chi connectivity index (χ3v) is 2.50. The largest absolute Gasteiger partial charge is 0.443 e. The fraction of sp³-hybridized carbons (Fsp3) is 0.700. The van der Waals surface area contributed by atoms with Crippen molar-refractivity contribution in [2.24, 2.45) is 0 Å². The molecule has 0 aromatic carbocycles. The molecule has 1 unspecified atom stereocenters. The first-order chi connectivity index (χ1) is 6.81. The van der Waals surface area contributed by atoms with Gasteiger partial charge in [0.25, 0.3) is 0 Å². The summed E-state index contributed by atoms with van der Waals surface area (Å²) in [5.74, 6) is 1.15. The van der Waals surface area contributed by atoms with Crippen LogP contribution in [0, 0.1) is 6.92 Å². The maximum absolute atomic E-state index is 8.88. The number of oxazole rings is 1. The van der Waals surface area contributed by atoms with Crippen LogP contribution in [-0.2, 0) is 11.3 Å². The zero-order valence-corrected chi connectivity index (χ0v) is 8.32. The van der Waals surface area contributed by atoms with Crippen LogP contribution < -0.4 is 0 Å². The maximum Gasteiger partial charge on any atom is 0.220 e. The lowest BCUT2D eigenvalue weighted by Gasteiger charge is -2.20. The second-order valence-corrected chi connectivity index (χ2v) is 3.56. The van der Waals surface area contributed by atoms with Gasteiger partial charge >= 0.3 is 0 Å². The van der Waals surface area contributed by atoms with E-state index in [1.165, 1.54) is 6.42 Å². The van der Waals surface area contributed by atoms with E-state index < -0.39 is 0 Å². The quantitative estimate of drug-likeness (QED) is 0.784. The topological polar surface area (TPSA) is 55.5 Å². The molecule has 0 spiro atoms. The standard InChI is InChI=1S/C10H15NO3/c1-7-10(11-9(6-12)14-7)8-4-2-3-5-13-8/h8,12H,2-6H2,1H3. The van der Waals surface area contributed by atoms with Gasteiger partial charge < -0.3 is 14.3 Å². The van der Waals surface area contributed by atoms with Crippen molar-refractivity contribution in [2.75, 3.05) is 6.61 Å². The van der Waals surface area contributed by atoms with Gasteiger partial charge in [0.05, 0.1) is 0 Å². The predicted octanol–water partition coefficient (Wildman–Crippen LogP) is 1.72. The van der Waals surface area contributed by atoms with Gasteiger partial charge in [-0.25, -0.2) is 4.98 Å². The monoisotopic (exact) mass is 197 g/mol. The summed E-state index contributed by atoms with van der Waals surface area (Å²) >= 11 is 0. The minimum absolute atomic E-state index is 0.0628. The van der Waals surface area contributed by atoms with E-state index in [2.05, 4.69) is 4.98 Å². The van der Waals surface area contributed by atoms with Crippen LogP contribution in [-0.4, -0.2) is 16.7 Å². The second-order valence-electron chi connectivity index (χ2n) is 3.56. The minimum Gasteiger partial charge on any atom is -0.443 e. The lowest BCUT2D eigenvalue weighted by Crippen LogP contribution is -2.12. The minimum atomic E-state index is -0.145. The highest BCUT2D eigenvalue weighted by Crippen LogP contribution is 2.29. The third-order valence-electron chi connectivity index (χ3n) is 2.50. The van der Waals surface area contributed by atoms with Crippen LogP contribution >= 0.6 is 0 Å². The predicted molar refractivity (Wildman–Crippen MR) is 49.7 cm³/mol. The summed E-state index contributed by atoms with van der Waals surface area (Å²) in [6.45, 7) is 2.51. The van der Waals surface area contributed by atoms with Gasteiger partial charge in [-0.05, 0) is 26.2 Å². The van der Waals surface area contributed by atoms with Crippen LogP contribution in [0.3, 0.4) is 0 Å². The number of ether oxygens (including phenoxy) is 1. The fourth-order valence-electron chi connectivity index (χ4n) is 1.79. The van der Waals surface area contributed by atoms with E-state index >= 15 is 0 Å². The van der Waals surface area contributed by atoms with Crippen molar-refractivity contribution in [1.29, 1.82) is 0 Å². The van der Waals surface area contributed by atoms with Crippen molar-refractivity contribution in [1.82, 2.24) is 4.98 Å². The number of aliphatic hydroxyl groups is 1. The second kappa shape index (κ2) is 4.11. The van der Waals surface area contributed by atoms with E-state index in [9.17, 15) is 0 Å². The van der Waals surface area contributed by atoms with Crippen LogP contribution in [0.5, 0.6) is 0 Å². The number of rotatable bonds is 2. The van der Waals surface area contributed by atoms with Gasteiger partial charge in [0.15, 0.2) is 0 Å². The van der Waals surface area contributed by atoms with Crippen molar-refractivity contribution < 1.29 is 14.3 Å². The lowest BCUT2D eigenvalue weighted by atomic mass is 10.1. The molecule has 14 heavy (non-hydrogen) atoms. The molecule has 1 aliphatic rings. The van der Waals surface area contributed by atoms with Crippen molar-refractivity contribution in [3.8, 4) is 0 Å². The first kappa shape index (κ1) is 9.68. The molecule has 1 fully saturated rings. The third kappa shape index (κ3) is 1.81. The van der Waals surface area contributed by atoms with Crippen LogP contribution in [0.2, 0.25) is 0 Å². The Hall–Kier alpha value is -0.870. The molecule has 78 valence electrons. The van der Waals surface area contributed by atoms with E-state index in [1.807, 2.05) is 6.92 Å². The number of aromatic nitrogens is 1. The number of aliphatic hydroxyl groups excluding tert-OH is 1. The summed E-state index contributed by atoms with van der Waals surface area (Å²) in [5, 5.41) is 8.88. The number of aryl methyl sites for hydroxylation is 1. The molecule has 2 rings (SSSR count). The highest BCUT2D eigenvalue weighted by atomic mass is 16.5. The molecule has 0 amide bonds. The van der Waals surface area contributed by atoms with Gasteiger partial charge in [-0.15, -0.1) is 0 Å². The molecule has 2 heterocycles. The Kier molecular flexibility index (Phi) is 2.84. The summed E-state index contributed by atoms with van der Waals surface area (Å²) in [4.78, 5) is 4.21. The van der Waals surface area contributed by atoms with Gasteiger partial charge in [0.1, 0.15) is 24.2 Å². The van der Waals surface area contributed by atoms with Gasteiger partial charge in [0, 0.05) is 6.61 Å². The highest BCUT2D eigenvalue weighted by Gasteiger charge is 2.22. The molecular formula is C10H15NO3. The van der Waals surface area contributed by atoms with E-state index in [1.54, 1.807) is 0 Å². The first-order valence-electron chi connectivity index (χ1n) is 5.00. The Balaban J connectivity index is 2.17. The smallest absolute Gasteiger partial charge is 0.220 e.